The lowest BCUT2D eigenvalue weighted by atomic mass is 9.17. The molecule has 38 heteroatoms. The number of hydrogen-bond donors (Lipinski definition) is 0. The summed E-state index contributed by atoms with van der Waals surface area (Å²) in [6.45, 7) is 0. The van der Waals surface area contributed by atoms with Crippen LogP contribution in [0.4, 0.5) is 0 Å². The summed E-state index contributed by atoms with van der Waals surface area (Å²) in [6.07, 6.45) is 0. The quantitative estimate of drug-likeness (QED) is 0.115. The van der Waals surface area contributed by atoms with Crippen LogP contribution in [0.25, 0.3) is 120 Å². The molecular formula is C59B38. The molecule has 1 aliphatic carbocycles. The average Bonchev–Trinajstić information content (AvgIpc) is 1.61. The van der Waals surface area contributed by atoms with Crippen molar-refractivity contribution >= 4 is 538 Å². The van der Waals surface area contributed by atoms with Crippen molar-refractivity contribution in [3.05, 3.63) is 11.1 Å². The van der Waals surface area contributed by atoms with Crippen molar-refractivity contribution in [3.8, 4) is 55.6 Å². The summed E-state index contributed by atoms with van der Waals surface area (Å²) >= 11 is 0. The molecule has 0 saturated carbocycles. The van der Waals surface area contributed by atoms with E-state index < -0.39 is 59.3 Å². The van der Waals surface area contributed by atoms with Gasteiger partial charge in [0.2, 0.25) is 0 Å². The van der Waals surface area contributed by atoms with E-state index >= 15 is 0 Å². The maximum absolute atomic E-state index is 7.69. The van der Waals surface area contributed by atoms with Crippen LogP contribution in [-0.4, -0.2) is 298 Å². The van der Waals surface area contributed by atoms with Gasteiger partial charge in [-0.1, -0.05) is 153 Å². The van der Waals surface area contributed by atoms with Crippen molar-refractivity contribution in [1.29, 1.82) is 0 Å². The molecule has 12 aromatic carbocycles. The molecule has 0 spiro atoms. The lowest BCUT2D eigenvalue weighted by Crippen LogP contribution is -2.59. The van der Waals surface area contributed by atoms with E-state index in [2.05, 4.69) is 0 Å². The van der Waals surface area contributed by atoms with E-state index in [-0.39, 0.29) is 263 Å². The van der Waals surface area contributed by atoms with Crippen molar-refractivity contribution in [2.24, 2.45) is 0 Å². The fourth-order valence-corrected chi connectivity index (χ4v) is 15.6. The van der Waals surface area contributed by atoms with Gasteiger partial charge in [-0.25, -0.2) is 0 Å². The third kappa shape index (κ3) is 8.44. The average molecular weight is 1120 g/mol. The Kier molecular flexibility index (Phi) is 16.4. The second-order valence-corrected chi connectivity index (χ2v) is 24.9. The van der Waals surface area contributed by atoms with Gasteiger partial charge < -0.3 is 0 Å². The predicted octanol–water partition coefficient (Wildman–Crippen LogP) is -25.0. The first-order chi connectivity index (χ1) is 44.9. The molecule has 0 fully saturated rings. The molecule has 350 valence electrons. The Bertz CT molecular complexity index is 5710. The van der Waals surface area contributed by atoms with Gasteiger partial charge in [-0.15, -0.1) is 32.1 Å². The minimum Gasteiger partial charge on any atom is -0.119 e. The zero-order chi connectivity index (χ0) is 71.8. The molecule has 12 aromatic rings. The third-order valence-corrected chi connectivity index (χ3v) is 20.1. The van der Waals surface area contributed by atoms with Crippen LogP contribution in [0.3, 0.4) is 0 Å². The zero-order valence-corrected chi connectivity index (χ0v) is 51.4. The molecule has 1 aliphatic rings. The Balaban J connectivity index is 1.26. The molecule has 0 nitrogen and oxygen atoms in total. The minimum absolute atomic E-state index is 0.0378. The molecule has 13 rings (SSSR count). The molecule has 76 radical (unpaired) electrons. The highest BCUT2D eigenvalue weighted by Crippen LogP contribution is 2.63. The summed E-state index contributed by atoms with van der Waals surface area (Å²) in [5.74, 6) is 0. The standard InChI is InChI=1S/C59B38/c60-25-17(7-5-1-3-13(37(72)29(5)64)48(83)53(88)50(85)15(3)41(76)39(74)11(1)35(70)31(7)66)26(61)20(27(62)19(25)21-28(63)23-9(33(68)45(21)80)10-24(52(87)56(91)55(90)34(10)69)57(23,58(92,93)94)59(95,96)97)22-46(81)43(78)18(44(79)47(22)82)8-6-2-4-14(38(73)30(6)65)49(84)54(89)51(86)16(4)42(77)40(75)12(2)36(71)32(8)67. The van der Waals surface area contributed by atoms with E-state index in [1.165, 1.54) is 0 Å². The van der Waals surface area contributed by atoms with Gasteiger partial charge in [-0.05, 0) is 137 Å². The summed E-state index contributed by atoms with van der Waals surface area (Å²) in [6, 6.07) is 0. The van der Waals surface area contributed by atoms with Crippen LogP contribution in [0.2, 0.25) is 10.2 Å². The van der Waals surface area contributed by atoms with Gasteiger partial charge in [-0.2, -0.15) is 0 Å². The van der Waals surface area contributed by atoms with Crippen LogP contribution in [0.1, 0.15) is 11.1 Å². The highest BCUT2D eigenvalue weighted by molar-refractivity contribution is 6.80. The van der Waals surface area contributed by atoms with E-state index in [0.717, 1.165) is 0 Å². The number of hydrogen-bond acceptors (Lipinski definition) is 0. The number of fused-ring (bicyclic) bond motifs is 3. The maximum Gasteiger partial charge on any atom is 0.115 e. The molecule has 0 aliphatic heterocycles. The van der Waals surface area contributed by atoms with E-state index in [0.29, 0.717) is 0 Å². The van der Waals surface area contributed by atoms with Gasteiger partial charge in [0.15, 0.2) is 0 Å². The number of rotatable bonds is 6. The van der Waals surface area contributed by atoms with Crippen molar-refractivity contribution < 1.29 is 0 Å². The van der Waals surface area contributed by atoms with Crippen LogP contribution < -0.4 is 175 Å². The zero-order valence-electron chi connectivity index (χ0n) is 51.4. The van der Waals surface area contributed by atoms with Crippen molar-refractivity contribution in [2.75, 3.05) is 0 Å². The monoisotopic (exact) mass is 1130 g/mol. The largest absolute Gasteiger partial charge is 0.119 e. The lowest BCUT2D eigenvalue weighted by molar-refractivity contribution is 0.540. The molecule has 0 bridgehead atoms. The van der Waals surface area contributed by atoms with E-state index in [1.807, 2.05) is 0 Å². The second kappa shape index (κ2) is 22.6. The fourth-order valence-electron chi connectivity index (χ4n) is 15.6. The fraction of sp³-hybridized carbons (Fsp3) is 0.0508. The van der Waals surface area contributed by atoms with Crippen LogP contribution in [0.15, 0.2) is 0 Å². The SMILES string of the molecule is [B]c1c([B])c([B])c2c(c1[B])-c1c([B])c([B])c(-c3c([B])c(-c4c([B])c([B])c(-c5c([B])c([B])c6c([B])c([B])c7c([B])c([B])c([B])c8c([B])c([B])c5c6c78)c([B])c4[B])c([B])c(-c4c([B])c([B])c5c([B])c([B])c6c([B])c([B])c([B])c7c([B])c([B])c4c5c67)c3[B])c([B])c1C2(C([B])([B])[B])C([B])([B])[B]. The lowest BCUT2D eigenvalue weighted by Gasteiger charge is -2.57. The Hall–Kier alpha value is -4.81. The Labute approximate surface area is 615 Å². The molecule has 0 aromatic heterocycles. The topological polar surface area (TPSA) is 0 Å². The molecule has 0 amide bonds. The Morgan fingerprint density at radius 3 is 0.567 bits per heavy atom. The van der Waals surface area contributed by atoms with Crippen LogP contribution in [-0.2, 0) is 5.41 Å². The first kappa shape index (κ1) is 70.6. The molecule has 0 heterocycles. The van der Waals surface area contributed by atoms with Gasteiger partial charge in [0.25, 0.3) is 0 Å². The first-order valence-corrected chi connectivity index (χ1v) is 28.7. The minimum atomic E-state index is -2.74. The normalized spacial score (nSPS) is 13.2. The summed E-state index contributed by atoms with van der Waals surface area (Å²) in [5, 5.41) is -4.05. The van der Waals surface area contributed by atoms with Crippen molar-refractivity contribution in [2.45, 2.75) is 15.6 Å². The van der Waals surface area contributed by atoms with Gasteiger partial charge in [-0.3, -0.25) is 0 Å². The number of benzene rings is 12. The first-order valence-electron chi connectivity index (χ1n) is 28.7. The highest BCUT2D eigenvalue weighted by Gasteiger charge is 2.57. The summed E-state index contributed by atoms with van der Waals surface area (Å²) < 4.78 is 0. The van der Waals surface area contributed by atoms with Gasteiger partial charge >= 0.3 is 0 Å². The highest BCUT2D eigenvalue weighted by atomic mass is 14.5. The Morgan fingerprint density at radius 1 is 0.124 bits per heavy atom. The molecule has 0 unspecified atom stereocenters. The van der Waals surface area contributed by atoms with Gasteiger partial charge in [0, 0.05) is 0 Å². The van der Waals surface area contributed by atoms with Crippen LogP contribution >= 0.6 is 0 Å². The smallest absolute Gasteiger partial charge is 0.115 e. The summed E-state index contributed by atoms with van der Waals surface area (Å²) in [7, 11) is 267. The van der Waals surface area contributed by atoms with Crippen LogP contribution in [0.5, 0.6) is 0 Å². The van der Waals surface area contributed by atoms with Crippen molar-refractivity contribution in [3.63, 3.8) is 0 Å². The van der Waals surface area contributed by atoms with Gasteiger partial charge in [0.1, 0.15) is 251 Å². The molecular weight excluding hydrogens is 1120 g/mol. The molecule has 0 saturated heterocycles. The summed E-state index contributed by atoms with van der Waals surface area (Å²) in [4.78, 5) is 0. The third-order valence-electron chi connectivity index (χ3n) is 20.1. The molecule has 0 atom stereocenters. The molecule has 0 N–H and O–H groups in total. The second-order valence-electron chi connectivity index (χ2n) is 24.9. The van der Waals surface area contributed by atoms with Gasteiger partial charge in [0.05, 0.1) is 47.1 Å². The molecule has 97 heavy (non-hydrogen) atoms. The van der Waals surface area contributed by atoms with E-state index in [1.54, 1.807) is 0 Å². The maximum atomic E-state index is 7.69. The predicted molar refractivity (Wildman–Crippen MR) is 454 cm³/mol. The Morgan fingerprint density at radius 2 is 0.278 bits per heavy atom. The summed E-state index contributed by atoms with van der Waals surface area (Å²) in [5.41, 5.74) is -13.6. The van der Waals surface area contributed by atoms with Crippen LogP contribution in [0, 0.1) is 0 Å². The van der Waals surface area contributed by atoms with E-state index in [9.17, 15) is 0 Å². The van der Waals surface area contributed by atoms with E-state index in [4.69, 9.17) is 298 Å². The van der Waals surface area contributed by atoms with Crippen molar-refractivity contribution in [1.82, 2.24) is 0 Å².